The molecule has 1 aromatic heterocycles. The maximum Gasteiger partial charge on any atom is 0.221 e. The number of carbonyl (C=O) groups excluding carboxylic acids is 1. The van der Waals surface area contributed by atoms with Crippen LogP contribution in [0.3, 0.4) is 0 Å². The summed E-state index contributed by atoms with van der Waals surface area (Å²) >= 11 is 0. The average molecular weight is 245 g/mol. The Morgan fingerprint density at radius 2 is 2.33 bits per heavy atom. The normalized spacial score (nSPS) is 11.9. The third kappa shape index (κ3) is 4.96. The van der Waals surface area contributed by atoms with E-state index in [1.807, 2.05) is 6.07 Å². The summed E-state index contributed by atoms with van der Waals surface area (Å²) < 4.78 is 0. The lowest BCUT2D eigenvalue weighted by atomic mass is 9.98. The van der Waals surface area contributed by atoms with Crippen molar-refractivity contribution in [1.82, 2.24) is 10.3 Å². The van der Waals surface area contributed by atoms with E-state index in [0.717, 1.165) is 12.0 Å². The molecule has 0 saturated heterocycles. The van der Waals surface area contributed by atoms with Crippen LogP contribution in [-0.2, 0) is 4.79 Å². The van der Waals surface area contributed by atoms with Crippen LogP contribution in [0.1, 0.15) is 38.2 Å². The molecule has 1 rings (SSSR count). The largest absolute Gasteiger partial charge is 0.356 e. The highest BCUT2D eigenvalue weighted by Gasteiger charge is 2.15. The highest BCUT2D eigenvalue weighted by Crippen LogP contribution is 2.17. The predicted molar refractivity (Wildman–Crippen MR) is 69.7 cm³/mol. The minimum Gasteiger partial charge on any atom is -0.356 e. The highest BCUT2D eigenvalue weighted by molar-refractivity contribution is 5.77. The van der Waals surface area contributed by atoms with Gasteiger partial charge in [0.05, 0.1) is 12.0 Å². The molecule has 1 unspecified atom stereocenters. The standard InChI is InChI=1S/C14H19N3O/c1-11(2)5-7-17-14(18)8-13(9-15)12-4-3-6-16-10-12/h3-4,6,10-11,13H,5,7-8H2,1-2H3,(H,17,18). The molecule has 4 heteroatoms. The molecular weight excluding hydrogens is 226 g/mol. The minimum absolute atomic E-state index is 0.0777. The van der Waals surface area contributed by atoms with Gasteiger partial charge in [-0.05, 0) is 24.0 Å². The van der Waals surface area contributed by atoms with Crippen molar-refractivity contribution in [3.8, 4) is 6.07 Å². The average Bonchev–Trinajstić information content (AvgIpc) is 2.36. The fourth-order valence-corrected chi connectivity index (χ4v) is 1.58. The Hall–Kier alpha value is -1.89. The lowest BCUT2D eigenvalue weighted by Gasteiger charge is -2.10. The number of hydrogen-bond acceptors (Lipinski definition) is 3. The van der Waals surface area contributed by atoms with E-state index in [-0.39, 0.29) is 12.3 Å². The van der Waals surface area contributed by atoms with E-state index >= 15 is 0 Å². The van der Waals surface area contributed by atoms with Crippen molar-refractivity contribution in [2.24, 2.45) is 5.92 Å². The van der Waals surface area contributed by atoms with E-state index in [0.29, 0.717) is 12.5 Å². The second kappa shape index (κ2) is 7.44. The third-order valence-corrected chi connectivity index (χ3v) is 2.68. The summed E-state index contributed by atoms with van der Waals surface area (Å²) in [5.74, 6) is 0.0687. The highest BCUT2D eigenvalue weighted by atomic mass is 16.1. The van der Waals surface area contributed by atoms with Gasteiger partial charge in [-0.25, -0.2) is 0 Å². The number of hydrogen-bond donors (Lipinski definition) is 1. The Morgan fingerprint density at radius 1 is 1.56 bits per heavy atom. The zero-order valence-corrected chi connectivity index (χ0v) is 10.9. The van der Waals surface area contributed by atoms with Crippen LogP contribution in [0.15, 0.2) is 24.5 Å². The number of nitriles is 1. The van der Waals surface area contributed by atoms with Crippen molar-refractivity contribution in [3.63, 3.8) is 0 Å². The second-order valence-electron chi connectivity index (χ2n) is 4.70. The van der Waals surface area contributed by atoms with Crippen LogP contribution < -0.4 is 5.32 Å². The van der Waals surface area contributed by atoms with Crippen LogP contribution in [0.2, 0.25) is 0 Å². The van der Waals surface area contributed by atoms with Gasteiger partial charge in [0.25, 0.3) is 0 Å². The molecule has 1 aromatic rings. The fraction of sp³-hybridized carbons (Fsp3) is 0.500. The molecule has 1 N–H and O–H groups in total. The van der Waals surface area contributed by atoms with Gasteiger partial charge in [-0.1, -0.05) is 19.9 Å². The molecule has 0 aliphatic carbocycles. The third-order valence-electron chi connectivity index (χ3n) is 2.68. The van der Waals surface area contributed by atoms with E-state index in [9.17, 15) is 4.79 Å². The number of rotatable bonds is 6. The van der Waals surface area contributed by atoms with Crippen molar-refractivity contribution < 1.29 is 4.79 Å². The SMILES string of the molecule is CC(C)CCNC(=O)CC(C#N)c1cccnc1. The number of nitrogens with zero attached hydrogens (tertiary/aromatic N) is 2. The van der Waals surface area contributed by atoms with Gasteiger partial charge in [0.1, 0.15) is 0 Å². The lowest BCUT2D eigenvalue weighted by Crippen LogP contribution is -2.26. The summed E-state index contributed by atoms with van der Waals surface area (Å²) in [6, 6.07) is 5.74. The molecule has 18 heavy (non-hydrogen) atoms. The van der Waals surface area contributed by atoms with Crippen molar-refractivity contribution in [1.29, 1.82) is 5.26 Å². The molecule has 0 aliphatic rings. The van der Waals surface area contributed by atoms with Crippen LogP contribution in [0.5, 0.6) is 0 Å². The Labute approximate surface area is 108 Å². The van der Waals surface area contributed by atoms with E-state index in [1.54, 1.807) is 18.5 Å². The van der Waals surface area contributed by atoms with Gasteiger partial charge in [-0.15, -0.1) is 0 Å². The Morgan fingerprint density at radius 3 is 2.89 bits per heavy atom. The quantitative estimate of drug-likeness (QED) is 0.835. The molecular formula is C14H19N3O. The smallest absolute Gasteiger partial charge is 0.221 e. The second-order valence-corrected chi connectivity index (χ2v) is 4.70. The molecule has 1 heterocycles. The first-order valence-corrected chi connectivity index (χ1v) is 6.19. The Kier molecular flexibility index (Phi) is 5.86. The molecule has 1 atom stereocenters. The number of nitrogens with one attached hydrogen (secondary N) is 1. The molecule has 0 radical (unpaired) electrons. The van der Waals surface area contributed by atoms with Crippen LogP contribution in [-0.4, -0.2) is 17.4 Å². The first-order chi connectivity index (χ1) is 8.63. The van der Waals surface area contributed by atoms with Crippen LogP contribution in [0.4, 0.5) is 0 Å². The van der Waals surface area contributed by atoms with Gasteiger partial charge >= 0.3 is 0 Å². The topological polar surface area (TPSA) is 65.8 Å². The summed E-state index contributed by atoms with van der Waals surface area (Å²) in [5.41, 5.74) is 0.791. The van der Waals surface area contributed by atoms with Gasteiger partial charge in [0.15, 0.2) is 0 Å². The van der Waals surface area contributed by atoms with Crippen molar-refractivity contribution >= 4 is 5.91 Å². The van der Waals surface area contributed by atoms with Gasteiger partial charge < -0.3 is 5.32 Å². The van der Waals surface area contributed by atoms with Gasteiger partial charge in [0.2, 0.25) is 5.91 Å². The van der Waals surface area contributed by atoms with E-state index in [4.69, 9.17) is 5.26 Å². The fourth-order valence-electron chi connectivity index (χ4n) is 1.58. The number of amides is 1. The maximum absolute atomic E-state index is 11.7. The monoisotopic (exact) mass is 245 g/mol. The summed E-state index contributed by atoms with van der Waals surface area (Å²) in [7, 11) is 0. The van der Waals surface area contributed by atoms with Gasteiger partial charge in [-0.2, -0.15) is 5.26 Å². The Bertz CT molecular complexity index is 409. The van der Waals surface area contributed by atoms with Crippen molar-refractivity contribution in [2.75, 3.05) is 6.54 Å². The van der Waals surface area contributed by atoms with Gasteiger partial charge in [0, 0.05) is 25.4 Å². The number of aromatic nitrogens is 1. The Balaban J connectivity index is 2.45. The minimum atomic E-state index is -0.419. The first kappa shape index (κ1) is 14.2. The molecule has 0 fully saturated rings. The molecule has 0 saturated carbocycles. The van der Waals surface area contributed by atoms with E-state index < -0.39 is 5.92 Å². The van der Waals surface area contributed by atoms with Crippen LogP contribution in [0, 0.1) is 17.2 Å². The van der Waals surface area contributed by atoms with Gasteiger partial charge in [-0.3, -0.25) is 9.78 Å². The van der Waals surface area contributed by atoms with E-state index in [2.05, 4.69) is 30.2 Å². The summed E-state index contributed by atoms with van der Waals surface area (Å²) in [6.45, 7) is 4.89. The zero-order valence-electron chi connectivity index (χ0n) is 10.9. The lowest BCUT2D eigenvalue weighted by molar-refractivity contribution is -0.121. The summed E-state index contributed by atoms with van der Waals surface area (Å²) in [4.78, 5) is 15.6. The number of carbonyl (C=O) groups is 1. The van der Waals surface area contributed by atoms with Crippen molar-refractivity contribution in [2.45, 2.75) is 32.6 Å². The molecule has 1 amide bonds. The molecule has 4 nitrogen and oxygen atoms in total. The zero-order chi connectivity index (χ0) is 13.4. The van der Waals surface area contributed by atoms with E-state index in [1.165, 1.54) is 0 Å². The number of pyridine rings is 1. The molecule has 96 valence electrons. The molecule has 0 spiro atoms. The molecule has 0 bridgehead atoms. The summed E-state index contributed by atoms with van der Waals surface area (Å²) in [6.07, 6.45) is 4.44. The maximum atomic E-state index is 11.7. The molecule has 0 aromatic carbocycles. The predicted octanol–water partition coefficient (Wildman–Crippen LogP) is 2.24. The van der Waals surface area contributed by atoms with Crippen LogP contribution in [0.25, 0.3) is 0 Å². The van der Waals surface area contributed by atoms with Crippen molar-refractivity contribution in [3.05, 3.63) is 30.1 Å². The molecule has 0 aliphatic heterocycles. The first-order valence-electron chi connectivity index (χ1n) is 6.19. The van der Waals surface area contributed by atoms with Crippen LogP contribution >= 0.6 is 0 Å². The summed E-state index contributed by atoms with van der Waals surface area (Å²) in [5, 5.41) is 11.9.